The van der Waals surface area contributed by atoms with E-state index in [0.717, 1.165) is 16.5 Å². The zero-order valence-corrected chi connectivity index (χ0v) is 21.5. The Morgan fingerprint density at radius 2 is 1.57 bits per heavy atom. The maximum Gasteiger partial charge on any atom is 0.436 e. The van der Waals surface area contributed by atoms with E-state index in [1.165, 1.54) is 20.3 Å². The number of aromatic nitrogens is 2. The molecule has 4 aromatic rings. The van der Waals surface area contributed by atoms with Gasteiger partial charge in [0, 0.05) is 17.0 Å². The first-order valence-electron chi connectivity index (χ1n) is 11.3. The first-order valence-corrected chi connectivity index (χ1v) is 11.7. The average Bonchev–Trinajstić information content (AvgIpc) is 3.24. The number of nitrogens with one attached hydrogen (secondary N) is 2. The Morgan fingerprint density at radius 3 is 2.24 bits per heavy atom. The van der Waals surface area contributed by atoms with Gasteiger partial charge in [-0.2, -0.15) is 11.0 Å². The summed E-state index contributed by atoms with van der Waals surface area (Å²) < 4.78 is 12.9. The number of hydrogen-bond donors (Lipinski definition) is 3. The van der Waals surface area contributed by atoms with Gasteiger partial charge in [0.25, 0.3) is 0 Å². The SMILES string of the molecule is CONC(=O)Oc1cc(OC(=O)NOC)c(C(C)C)cc1-c1cnc(S)n1-c1cccc2ccccc12. The zero-order valence-electron chi connectivity index (χ0n) is 20.6. The first kappa shape index (κ1) is 26.0. The summed E-state index contributed by atoms with van der Waals surface area (Å²) in [5, 5.41) is 2.46. The van der Waals surface area contributed by atoms with Crippen molar-refractivity contribution in [2.45, 2.75) is 24.9 Å². The van der Waals surface area contributed by atoms with Gasteiger partial charge >= 0.3 is 12.2 Å². The maximum absolute atomic E-state index is 12.3. The van der Waals surface area contributed by atoms with Crippen LogP contribution in [0.4, 0.5) is 9.59 Å². The largest absolute Gasteiger partial charge is 0.436 e. The molecular weight excluding hydrogens is 496 g/mol. The molecule has 0 aliphatic rings. The molecule has 1 heterocycles. The zero-order chi connectivity index (χ0) is 26.5. The van der Waals surface area contributed by atoms with E-state index in [-0.39, 0.29) is 17.4 Å². The van der Waals surface area contributed by atoms with E-state index in [0.29, 0.717) is 22.0 Å². The Kier molecular flexibility index (Phi) is 7.97. The minimum Gasteiger partial charge on any atom is -0.408 e. The Morgan fingerprint density at radius 1 is 0.919 bits per heavy atom. The molecule has 0 fully saturated rings. The number of hydroxylamine groups is 2. The van der Waals surface area contributed by atoms with Crippen LogP contribution in [-0.2, 0) is 9.68 Å². The smallest absolute Gasteiger partial charge is 0.408 e. The number of carbonyl (C=O) groups excluding carboxylic acids is 2. The van der Waals surface area contributed by atoms with Crippen molar-refractivity contribution in [3.05, 3.63) is 66.4 Å². The van der Waals surface area contributed by atoms with E-state index in [9.17, 15) is 9.59 Å². The second kappa shape index (κ2) is 11.3. The van der Waals surface area contributed by atoms with E-state index < -0.39 is 12.2 Å². The van der Waals surface area contributed by atoms with Gasteiger partial charge in [-0.1, -0.05) is 50.2 Å². The third-order valence-electron chi connectivity index (χ3n) is 5.54. The normalized spacial score (nSPS) is 11.0. The molecule has 0 aliphatic carbocycles. The van der Waals surface area contributed by atoms with Crippen molar-refractivity contribution in [2.24, 2.45) is 0 Å². The number of nitrogens with zero attached hydrogens (tertiary/aromatic N) is 2. The molecule has 1 aromatic heterocycles. The van der Waals surface area contributed by atoms with Crippen molar-refractivity contribution in [1.82, 2.24) is 20.5 Å². The number of rotatable bonds is 7. The monoisotopic (exact) mass is 522 g/mol. The third kappa shape index (κ3) is 5.53. The number of imidazole rings is 1. The number of benzene rings is 3. The lowest BCUT2D eigenvalue weighted by atomic mass is 9.97. The van der Waals surface area contributed by atoms with Gasteiger partial charge < -0.3 is 9.47 Å². The number of carbonyl (C=O) groups is 2. The minimum absolute atomic E-state index is 0.0599. The molecule has 11 heteroatoms. The highest BCUT2D eigenvalue weighted by Gasteiger charge is 2.23. The molecule has 0 unspecified atom stereocenters. The second-order valence-corrected chi connectivity index (χ2v) is 8.61. The first-order chi connectivity index (χ1) is 17.8. The Labute approximate surface area is 218 Å². The van der Waals surface area contributed by atoms with Crippen molar-refractivity contribution in [3.8, 4) is 28.4 Å². The molecule has 2 N–H and O–H groups in total. The van der Waals surface area contributed by atoms with Crippen LogP contribution in [0.5, 0.6) is 11.5 Å². The molecular formula is C26H26N4O6S. The Bertz CT molecular complexity index is 1450. The predicted octanol–water partition coefficient (Wildman–Crippen LogP) is 5.40. The highest BCUT2D eigenvalue weighted by Crippen LogP contribution is 2.41. The van der Waals surface area contributed by atoms with Gasteiger partial charge in [-0.3, -0.25) is 14.2 Å². The molecule has 3 aromatic carbocycles. The summed E-state index contributed by atoms with van der Waals surface area (Å²) in [4.78, 5) is 38.2. The van der Waals surface area contributed by atoms with Gasteiger partial charge in [0.2, 0.25) is 0 Å². The van der Waals surface area contributed by atoms with Crippen molar-refractivity contribution >= 4 is 35.6 Å². The summed E-state index contributed by atoms with van der Waals surface area (Å²) in [6, 6.07) is 17.1. The van der Waals surface area contributed by atoms with Crippen molar-refractivity contribution in [2.75, 3.05) is 14.2 Å². The molecule has 0 radical (unpaired) electrons. The molecule has 192 valence electrons. The van der Waals surface area contributed by atoms with Crippen LogP contribution in [-0.4, -0.2) is 36.0 Å². The highest BCUT2D eigenvalue weighted by atomic mass is 32.1. The molecule has 0 spiro atoms. The Balaban J connectivity index is 1.95. The minimum atomic E-state index is -0.865. The molecule has 0 bridgehead atoms. The quantitative estimate of drug-likeness (QED) is 0.220. The third-order valence-corrected chi connectivity index (χ3v) is 5.85. The molecule has 37 heavy (non-hydrogen) atoms. The molecule has 10 nitrogen and oxygen atoms in total. The fourth-order valence-electron chi connectivity index (χ4n) is 3.98. The molecule has 0 aliphatic heterocycles. The Hall–Kier alpha value is -4.06. The van der Waals surface area contributed by atoms with Crippen molar-refractivity contribution in [3.63, 3.8) is 0 Å². The standard InChI is InChI=1S/C26H26N4O6S/c1-15(2)18-12-19(23(36-26(32)29-34-4)13-22(18)35-25(31)28-33-3)21-14-27-24(37)30(21)20-11-7-9-16-8-5-6-10-17(16)20/h5-15H,1-4H3,(H,27,37)(H,28,31)(H,29,32). The fraction of sp³-hybridized carbons (Fsp3) is 0.192. The number of ether oxygens (including phenoxy) is 2. The van der Waals surface area contributed by atoms with Gasteiger partial charge in [-0.05, 0) is 29.0 Å². The van der Waals surface area contributed by atoms with Crippen molar-refractivity contribution in [1.29, 1.82) is 0 Å². The predicted molar refractivity (Wildman–Crippen MR) is 140 cm³/mol. The van der Waals surface area contributed by atoms with Gasteiger partial charge in [0.15, 0.2) is 5.16 Å². The summed E-state index contributed by atoms with van der Waals surface area (Å²) >= 11 is 4.62. The molecule has 0 saturated heterocycles. The van der Waals surface area contributed by atoms with E-state index >= 15 is 0 Å². The average molecular weight is 523 g/mol. The summed E-state index contributed by atoms with van der Waals surface area (Å²) in [7, 11) is 2.58. The van der Waals surface area contributed by atoms with Crippen LogP contribution in [0.3, 0.4) is 0 Å². The number of amides is 2. The van der Waals surface area contributed by atoms with Gasteiger partial charge in [-0.25, -0.2) is 14.6 Å². The van der Waals surface area contributed by atoms with Gasteiger partial charge in [0.05, 0.1) is 31.8 Å². The molecule has 0 atom stereocenters. The van der Waals surface area contributed by atoms with E-state index in [1.54, 1.807) is 12.3 Å². The number of thiol groups is 1. The fourth-order valence-corrected chi connectivity index (χ4v) is 4.26. The van der Waals surface area contributed by atoms with E-state index in [4.69, 9.17) is 9.47 Å². The van der Waals surface area contributed by atoms with Gasteiger partial charge in [0.1, 0.15) is 11.5 Å². The van der Waals surface area contributed by atoms with E-state index in [2.05, 4.69) is 38.2 Å². The molecule has 4 rings (SSSR count). The lowest BCUT2D eigenvalue weighted by Gasteiger charge is -2.19. The van der Waals surface area contributed by atoms with Crippen molar-refractivity contribution < 1.29 is 28.7 Å². The van der Waals surface area contributed by atoms with Crippen LogP contribution in [0, 0.1) is 0 Å². The summed E-state index contributed by atoms with van der Waals surface area (Å²) in [5.41, 5.74) is 6.90. The van der Waals surface area contributed by atoms with Crippen LogP contribution in [0.25, 0.3) is 27.7 Å². The number of hydrogen-bond acceptors (Lipinski definition) is 8. The van der Waals surface area contributed by atoms with Crippen LogP contribution >= 0.6 is 12.6 Å². The van der Waals surface area contributed by atoms with Crippen LogP contribution < -0.4 is 20.4 Å². The highest BCUT2D eigenvalue weighted by molar-refractivity contribution is 7.80. The van der Waals surface area contributed by atoms with Crippen LogP contribution in [0.1, 0.15) is 25.3 Å². The number of fused-ring (bicyclic) bond motifs is 1. The maximum atomic E-state index is 12.3. The molecule has 2 amide bonds. The van der Waals surface area contributed by atoms with E-state index in [1.807, 2.05) is 60.9 Å². The lowest BCUT2D eigenvalue weighted by molar-refractivity contribution is 0.0834. The lowest BCUT2D eigenvalue weighted by Crippen LogP contribution is -2.27. The topological polar surface area (TPSA) is 113 Å². The van der Waals surface area contributed by atoms with Crippen LogP contribution in [0.15, 0.2) is 66.0 Å². The van der Waals surface area contributed by atoms with Gasteiger partial charge in [-0.15, -0.1) is 12.6 Å². The molecule has 0 saturated carbocycles. The second-order valence-electron chi connectivity index (χ2n) is 8.21. The summed E-state index contributed by atoms with van der Waals surface area (Å²) in [6.45, 7) is 3.90. The summed E-state index contributed by atoms with van der Waals surface area (Å²) in [6.07, 6.45) is -0.0541. The summed E-state index contributed by atoms with van der Waals surface area (Å²) in [5.74, 6) is 0.236. The van der Waals surface area contributed by atoms with Crippen LogP contribution in [0.2, 0.25) is 0 Å².